The zero-order valence-electron chi connectivity index (χ0n) is 11.6. The Morgan fingerprint density at radius 3 is 2.76 bits per heavy atom. The number of nitrogen functional groups attached to an aromatic ring is 1. The van der Waals surface area contributed by atoms with Crippen LogP contribution < -0.4 is 16.0 Å². The first-order valence-corrected chi connectivity index (χ1v) is 6.93. The van der Waals surface area contributed by atoms with E-state index in [1.807, 2.05) is 12.1 Å². The fraction of sp³-hybridized carbons (Fsp3) is 0.267. The average Bonchev–Trinajstić information content (AvgIpc) is 2.56. The first kappa shape index (κ1) is 13.5. The zero-order chi connectivity index (χ0) is 14.7. The van der Waals surface area contributed by atoms with Crippen molar-refractivity contribution < 1.29 is 4.79 Å². The smallest absolute Gasteiger partial charge is 0.215 e. The van der Waals surface area contributed by atoms with Gasteiger partial charge in [-0.3, -0.25) is 4.79 Å². The van der Waals surface area contributed by atoms with Gasteiger partial charge in [0.25, 0.3) is 0 Å². The van der Waals surface area contributed by atoms with E-state index in [1.54, 1.807) is 24.4 Å². The van der Waals surface area contributed by atoms with Gasteiger partial charge in [-0.2, -0.15) is 0 Å². The van der Waals surface area contributed by atoms with Crippen molar-refractivity contribution in [3.8, 4) is 0 Å². The van der Waals surface area contributed by atoms with Gasteiger partial charge in [0.05, 0.1) is 5.56 Å². The summed E-state index contributed by atoms with van der Waals surface area (Å²) in [7, 11) is 0. The van der Waals surface area contributed by atoms with Gasteiger partial charge in [-0.25, -0.2) is 9.97 Å². The van der Waals surface area contributed by atoms with E-state index in [0.717, 1.165) is 32.0 Å². The van der Waals surface area contributed by atoms with Crippen LogP contribution in [-0.4, -0.2) is 41.9 Å². The molecule has 108 valence electrons. The van der Waals surface area contributed by atoms with Gasteiger partial charge >= 0.3 is 0 Å². The number of rotatable bonds is 3. The van der Waals surface area contributed by atoms with Crippen LogP contribution in [0.5, 0.6) is 0 Å². The molecule has 1 aliphatic heterocycles. The highest BCUT2D eigenvalue weighted by Gasteiger charge is 2.17. The lowest BCUT2D eigenvalue weighted by atomic mass is 10.1. The molecule has 0 radical (unpaired) electrons. The lowest BCUT2D eigenvalue weighted by Crippen LogP contribution is -2.44. The van der Waals surface area contributed by atoms with Gasteiger partial charge in [-0.15, -0.1) is 0 Å². The fourth-order valence-corrected chi connectivity index (χ4v) is 2.37. The molecule has 1 fully saturated rings. The number of ketones is 1. The molecule has 6 heteroatoms. The molecular weight excluding hydrogens is 266 g/mol. The number of nitrogens with two attached hydrogens (primary N) is 1. The molecule has 1 saturated heterocycles. The van der Waals surface area contributed by atoms with Crippen LogP contribution in [0.25, 0.3) is 0 Å². The Hall–Kier alpha value is -2.47. The molecule has 1 aliphatic rings. The van der Waals surface area contributed by atoms with Gasteiger partial charge < -0.3 is 16.0 Å². The molecule has 2 aromatic rings. The number of hydrogen-bond donors (Lipinski definition) is 2. The normalized spacial score (nSPS) is 15.0. The van der Waals surface area contributed by atoms with E-state index in [1.165, 1.54) is 0 Å². The van der Waals surface area contributed by atoms with Crippen LogP contribution in [0.1, 0.15) is 16.1 Å². The van der Waals surface area contributed by atoms with Crippen LogP contribution in [0.2, 0.25) is 0 Å². The van der Waals surface area contributed by atoms with Crippen LogP contribution in [0.15, 0.2) is 36.5 Å². The quantitative estimate of drug-likeness (QED) is 0.807. The predicted molar refractivity (Wildman–Crippen MR) is 81.4 cm³/mol. The van der Waals surface area contributed by atoms with Gasteiger partial charge in [-0.05, 0) is 24.3 Å². The second-order valence-electron chi connectivity index (χ2n) is 4.88. The first-order valence-electron chi connectivity index (χ1n) is 6.93. The number of piperazine rings is 1. The Labute approximate surface area is 123 Å². The van der Waals surface area contributed by atoms with Crippen molar-refractivity contribution in [1.29, 1.82) is 0 Å². The van der Waals surface area contributed by atoms with E-state index >= 15 is 0 Å². The molecule has 3 N–H and O–H groups in total. The van der Waals surface area contributed by atoms with Crippen LogP contribution in [-0.2, 0) is 0 Å². The van der Waals surface area contributed by atoms with E-state index in [0.29, 0.717) is 11.3 Å². The molecule has 0 amide bonds. The van der Waals surface area contributed by atoms with Crippen molar-refractivity contribution in [2.45, 2.75) is 0 Å². The van der Waals surface area contributed by atoms with Crippen molar-refractivity contribution in [3.63, 3.8) is 0 Å². The number of carbonyl (C=O) groups excluding carboxylic acids is 1. The van der Waals surface area contributed by atoms with E-state index < -0.39 is 0 Å². The molecule has 0 aliphatic carbocycles. The van der Waals surface area contributed by atoms with E-state index in [4.69, 9.17) is 5.73 Å². The van der Waals surface area contributed by atoms with Gasteiger partial charge in [0.2, 0.25) is 5.78 Å². The standard InChI is InChI=1S/C15H17N5O/c16-15-11(3-2-6-18-15)14(21)12-4-1-5-13(19-12)20-9-7-17-8-10-20/h1-6,17H,7-10H2,(H2,16,18). The maximum Gasteiger partial charge on any atom is 0.215 e. The summed E-state index contributed by atoms with van der Waals surface area (Å²) < 4.78 is 0. The number of aromatic nitrogens is 2. The number of hydrogen-bond acceptors (Lipinski definition) is 6. The molecule has 0 aromatic carbocycles. The van der Waals surface area contributed by atoms with Crippen LogP contribution >= 0.6 is 0 Å². The van der Waals surface area contributed by atoms with Crippen LogP contribution in [0.3, 0.4) is 0 Å². The molecule has 0 atom stereocenters. The van der Waals surface area contributed by atoms with Gasteiger partial charge in [0, 0.05) is 32.4 Å². The predicted octanol–water partition coefficient (Wildman–Crippen LogP) is 0.699. The summed E-state index contributed by atoms with van der Waals surface area (Å²) in [4.78, 5) is 23.1. The summed E-state index contributed by atoms with van der Waals surface area (Å²) in [5, 5.41) is 3.29. The molecule has 2 aromatic heterocycles. The third-order valence-corrected chi connectivity index (χ3v) is 3.49. The van der Waals surface area contributed by atoms with E-state index in [2.05, 4.69) is 20.2 Å². The monoisotopic (exact) mass is 283 g/mol. The maximum absolute atomic E-state index is 12.5. The maximum atomic E-state index is 12.5. The molecule has 3 rings (SSSR count). The molecule has 3 heterocycles. The molecular formula is C15H17N5O. The molecule has 6 nitrogen and oxygen atoms in total. The number of nitrogens with one attached hydrogen (secondary N) is 1. The molecule has 0 saturated carbocycles. The van der Waals surface area contributed by atoms with Crippen LogP contribution in [0, 0.1) is 0 Å². The topological polar surface area (TPSA) is 84.1 Å². The number of pyridine rings is 2. The van der Waals surface area contributed by atoms with E-state index in [-0.39, 0.29) is 11.6 Å². The van der Waals surface area contributed by atoms with E-state index in [9.17, 15) is 4.79 Å². The summed E-state index contributed by atoms with van der Waals surface area (Å²) in [6.45, 7) is 3.63. The molecule has 21 heavy (non-hydrogen) atoms. The highest BCUT2D eigenvalue weighted by molar-refractivity contribution is 6.10. The minimum absolute atomic E-state index is 0.197. The van der Waals surface area contributed by atoms with Crippen molar-refractivity contribution in [3.05, 3.63) is 47.8 Å². The SMILES string of the molecule is Nc1ncccc1C(=O)c1cccc(N2CCNCC2)n1. The average molecular weight is 283 g/mol. The highest BCUT2D eigenvalue weighted by Crippen LogP contribution is 2.16. The highest BCUT2D eigenvalue weighted by atomic mass is 16.1. The lowest BCUT2D eigenvalue weighted by Gasteiger charge is -2.28. The molecule has 0 spiro atoms. The summed E-state index contributed by atoms with van der Waals surface area (Å²) in [6.07, 6.45) is 1.57. The lowest BCUT2D eigenvalue weighted by molar-refractivity contribution is 0.103. The van der Waals surface area contributed by atoms with Crippen molar-refractivity contribution in [1.82, 2.24) is 15.3 Å². The minimum atomic E-state index is -0.197. The third-order valence-electron chi connectivity index (χ3n) is 3.49. The minimum Gasteiger partial charge on any atom is -0.383 e. The second kappa shape index (κ2) is 5.88. The summed E-state index contributed by atoms with van der Waals surface area (Å²) in [6, 6.07) is 8.85. The Morgan fingerprint density at radius 2 is 2.00 bits per heavy atom. The Balaban J connectivity index is 1.89. The third kappa shape index (κ3) is 2.85. The van der Waals surface area contributed by atoms with Crippen molar-refractivity contribution in [2.75, 3.05) is 36.8 Å². The Kier molecular flexibility index (Phi) is 3.79. The van der Waals surface area contributed by atoms with Gasteiger partial charge in [0.15, 0.2) is 0 Å². The number of carbonyl (C=O) groups is 1. The largest absolute Gasteiger partial charge is 0.383 e. The van der Waals surface area contributed by atoms with Gasteiger partial charge in [0.1, 0.15) is 17.3 Å². The molecule has 0 bridgehead atoms. The Morgan fingerprint density at radius 1 is 1.19 bits per heavy atom. The van der Waals surface area contributed by atoms with Crippen molar-refractivity contribution >= 4 is 17.4 Å². The molecule has 0 unspecified atom stereocenters. The fourth-order valence-electron chi connectivity index (χ4n) is 2.37. The van der Waals surface area contributed by atoms with Crippen molar-refractivity contribution in [2.24, 2.45) is 0 Å². The number of nitrogens with zero attached hydrogens (tertiary/aromatic N) is 3. The zero-order valence-corrected chi connectivity index (χ0v) is 11.6. The second-order valence-corrected chi connectivity index (χ2v) is 4.88. The number of anilines is 2. The summed E-state index contributed by atoms with van der Waals surface area (Å²) in [5.41, 5.74) is 6.55. The first-order chi connectivity index (χ1) is 10.3. The van der Waals surface area contributed by atoms with Crippen LogP contribution in [0.4, 0.5) is 11.6 Å². The summed E-state index contributed by atoms with van der Waals surface area (Å²) in [5.74, 6) is 0.860. The van der Waals surface area contributed by atoms with Gasteiger partial charge in [-0.1, -0.05) is 6.07 Å². The summed E-state index contributed by atoms with van der Waals surface area (Å²) >= 11 is 0. The Bertz CT molecular complexity index is 652.